The Balaban J connectivity index is 2.72. The molecule has 0 saturated carbocycles. The van der Waals surface area contributed by atoms with Crippen LogP contribution in [0, 0.1) is 0 Å². The molecular weight excluding hydrogens is 246 g/mol. The predicted octanol–water partition coefficient (Wildman–Crippen LogP) is 2.76. The Hall–Kier alpha value is -2.30. The van der Waals surface area contributed by atoms with Crippen LogP contribution < -0.4 is 5.73 Å². The largest absolute Gasteiger partial charge is 0.516 e. The molecular formula is C14H17NO4. The quantitative estimate of drug-likeness (QED) is 0.384. The molecule has 102 valence electrons. The van der Waals surface area contributed by atoms with Gasteiger partial charge in [-0.2, -0.15) is 0 Å². The Labute approximate surface area is 112 Å². The van der Waals surface area contributed by atoms with Gasteiger partial charge in [0.25, 0.3) is 0 Å². The van der Waals surface area contributed by atoms with Crippen molar-refractivity contribution in [2.24, 2.45) is 0 Å². The molecule has 0 aliphatic heterocycles. The maximum Gasteiger partial charge on any atom is 0.516 e. The fraction of sp³-hybridized carbons (Fsp3) is 0.286. The smallest absolute Gasteiger partial charge is 0.428 e. The van der Waals surface area contributed by atoms with Gasteiger partial charge in [0, 0.05) is 11.3 Å². The van der Waals surface area contributed by atoms with Gasteiger partial charge in [0.2, 0.25) is 0 Å². The second kappa shape index (κ2) is 5.56. The monoisotopic (exact) mass is 263 g/mol. The molecule has 1 aromatic rings. The summed E-state index contributed by atoms with van der Waals surface area (Å²) < 4.78 is 9.41. The second-order valence-corrected chi connectivity index (χ2v) is 4.92. The molecule has 5 heteroatoms. The molecule has 0 atom stereocenters. The molecule has 0 aliphatic carbocycles. The lowest BCUT2D eigenvalue weighted by molar-refractivity contribution is -0.134. The van der Waals surface area contributed by atoms with Gasteiger partial charge in [-0.3, -0.25) is 0 Å². The molecule has 0 unspecified atom stereocenters. The fourth-order valence-corrected chi connectivity index (χ4v) is 1.29. The first kappa shape index (κ1) is 14.8. The third kappa shape index (κ3) is 4.46. The van der Waals surface area contributed by atoms with Crippen LogP contribution in [-0.2, 0) is 14.3 Å². The Morgan fingerprint density at radius 2 is 1.79 bits per heavy atom. The van der Waals surface area contributed by atoms with Crippen molar-refractivity contribution in [3.8, 4) is 0 Å². The van der Waals surface area contributed by atoms with Crippen molar-refractivity contribution in [1.82, 2.24) is 0 Å². The highest BCUT2D eigenvalue weighted by Crippen LogP contribution is 2.21. The van der Waals surface area contributed by atoms with Crippen LogP contribution in [0.5, 0.6) is 0 Å². The van der Waals surface area contributed by atoms with Gasteiger partial charge in [-0.25, -0.2) is 9.59 Å². The molecule has 1 rings (SSSR count). The van der Waals surface area contributed by atoms with Crippen molar-refractivity contribution < 1.29 is 19.1 Å². The number of rotatable bonds is 2. The lowest BCUT2D eigenvalue weighted by Crippen LogP contribution is -2.26. The van der Waals surface area contributed by atoms with E-state index in [2.05, 4.69) is 11.3 Å². The SMILES string of the molecule is C=C(C(=O)OC(=O)OC(C)(C)C)c1ccccc1N. The van der Waals surface area contributed by atoms with Crippen LogP contribution >= 0.6 is 0 Å². The van der Waals surface area contributed by atoms with E-state index < -0.39 is 17.7 Å². The van der Waals surface area contributed by atoms with Crippen molar-refractivity contribution in [2.75, 3.05) is 5.73 Å². The summed E-state index contributed by atoms with van der Waals surface area (Å²) in [5, 5.41) is 0. The number of hydrogen-bond donors (Lipinski definition) is 1. The van der Waals surface area contributed by atoms with Gasteiger partial charge in [0.15, 0.2) is 0 Å². The van der Waals surface area contributed by atoms with Crippen LogP contribution in [0.1, 0.15) is 26.3 Å². The van der Waals surface area contributed by atoms with Gasteiger partial charge < -0.3 is 15.2 Å². The molecule has 5 nitrogen and oxygen atoms in total. The van der Waals surface area contributed by atoms with Gasteiger partial charge in [-0.15, -0.1) is 0 Å². The highest BCUT2D eigenvalue weighted by molar-refractivity contribution is 6.19. The summed E-state index contributed by atoms with van der Waals surface area (Å²) in [4.78, 5) is 23.1. The number of carbonyl (C=O) groups excluding carboxylic acids is 2. The molecule has 0 fully saturated rings. The molecule has 0 radical (unpaired) electrons. The van der Waals surface area contributed by atoms with Crippen LogP contribution in [0.3, 0.4) is 0 Å². The first-order chi connectivity index (χ1) is 8.70. The zero-order chi connectivity index (χ0) is 14.6. The summed E-state index contributed by atoms with van der Waals surface area (Å²) in [5.74, 6) is -0.882. The number of para-hydroxylation sites is 1. The Kier molecular flexibility index (Phi) is 4.32. The van der Waals surface area contributed by atoms with Crippen LogP contribution in [0.25, 0.3) is 5.57 Å². The van der Waals surface area contributed by atoms with Crippen LogP contribution in [0.2, 0.25) is 0 Å². The third-order valence-electron chi connectivity index (χ3n) is 2.10. The minimum atomic E-state index is -1.06. The molecule has 0 aliphatic rings. The maximum atomic E-state index is 11.7. The van der Waals surface area contributed by atoms with Crippen molar-refractivity contribution >= 4 is 23.4 Å². The fourth-order valence-electron chi connectivity index (χ4n) is 1.29. The Bertz CT molecular complexity index is 514. The van der Waals surface area contributed by atoms with Crippen molar-refractivity contribution in [1.29, 1.82) is 0 Å². The summed E-state index contributed by atoms with van der Waals surface area (Å²) in [6, 6.07) is 6.68. The van der Waals surface area contributed by atoms with Crippen LogP contribution in [0.15, 0.2) is 30.8 Å². The van der Waals surface area contributed by atoms with E-state index in [4.69, 9.17) is 10.5 Å². The van der Waals surface area contributed by atoms with Gasteiger partial charge in [-0.1, -0.05) is 24.8 Å². The summed E-state index contributed by atoms with van der Waals surface area (Å²) in [5.41, 5.74) is 5.79. The molecule has 2 N–H and O–H groups in total. The lowest BCUT2D eigenvalue weighted by atomic mass is 10.1. The van der Waals surface area contributed by atoms with Crippen molar-refractivity contribution in [3.63, 3.8) is 0 Å². The van der Waals surface area contributed by atoms with E-state index in [0.29, 0.717) is 11.3 Å². The molecule has 0 aromatic heterocycles. The number of ether oxygens (including phenoxy) is 2. The topological polar surface area (TPSA) is 78.6 Å². The zero-order valence-electron chi connectivity index (χ0n) is 11.2. The Morgan fingerprint density at radius 3 is 2.32 bits per heavy atom. The molecule has 0 bridgehead atoms. The molecule has 0 amide bonds. The van der Waals surface area contributed by atoms with E-state index >= 15 is 0 Å². The average molecular weight is 263 g/mol. The summed E-state index contributed by atoms with van der Waals surface area (Å²) in [7, 11) is 0. The first-order valence-electron chi connectivity index (χ1n) is 5.69. The van der Waals surface area contributed by atoms with Crippen molar-refractivity contribution in [2.45, 2.75) is 26.4 Å². The minimum absolute atomic E-state index is 0.00367. The zero-order valence-corrected chi connectivity index (χ0v) is 11.2. The van der Waals surface area contributed by atoms with Crippen LogP contribution in [0.4, 0.5) is 10.5 Å². The molecule has 19 heavy (non-hydrogen) atoms. The van der Waals surface area contributed by atoms with E-state index in [9.17, 15) is 9.59 Å². The highest BCUT2D eigenvalue weighted by Gasteiger charge is 2.22. The normalized spacial score (nSPS) is 10.7. The number of nitrogen functional groups attached to an aromatic ring is 1. The third-order valence-corrected chi connectivity index (χ3v) is 2.10. The number of esters is 1. The minimum Gasteiger partial charge on any atom is -0.428 e. The number of anilines is 1. The number of carbonyl (C=O) groups is 2. The second-order valence-electron chi connectivity index (χ2n) is 4.92. The number of hydrogen-bond acceptors (Lipinski definition) is 5. The number of nitrogens with two attached hydrogens (primary N) is 1. The van der Waals surface area contributed by atoms with E-state index in [1.54, 1.807) is 45.0 Å². The van der Waals surface area contributed by atoms with Crippen LogP contribution in [-0.4, -0.2) is 17.7 Å². The first-order valence-corrected chi connectivity index (χ1v) is 5.69. The van der Waals surface area contributed by atoms with Gasteiger partial charge >= 0.3 is 12.1 Å². The van der Waals surface area contributed by atoms with Gasteiger partial charge in [0.1, 0.15) is 5.60 Å². The standard InChI is InChI=1S/C14H17NO4/c1-9(10-7-5-6-8-11(10)15)12(16)18-13(17)19-14(2,3)4/h5-8H,1,15H2,2-4H3. The van der Waals surface area contributed by atoms with E-state index in [-0.39, 0.29) is 5.57 Å². The van der Waals surface area contributed by atoms with E-state index in [1.165, 1.54) is 0 Å². The molecule has 0 saturated heterocycles. The van der Waals surface area contributed by atoms with E-state index in [0.717, 1.165) is 0 Å². The molecule has 0 heterocycles. The highest BCUT2D eigenvalue weighted by atomic mass is 16.7. The average Bonchev–Trinajstić information content (AvgIpc) is 2.26. The maximum absolute atomic E-state index is 11.7. The summed E-state index contributed by atoms with van der Waals surface area (Å²) in [6.07, 6.45) is -1.06. The van der Waals surface area contributed by atoms with E-state index in [1.807, 2.05) is 0 Å². The summed E-state index contributed by atoms with van der Waals surface area (Å²) >= 11 is 0. The number of benzene rings is 1. The molecule has 0 spiro atoms. The lowest BCUT2D eigenvalue weighted by Gasteiger charge is -2.18. The Morgan fingerprint density at radius 1 is 1.21 bits per heavy atom. The van der Waals surface area contributed by atoms with Gasteiger partial charge in [-0.05, 0) is 26.8 Å². The predicted molar refractivity (Wildman–Crippen MR) is 72.2 cm³/mol. The van der Waals surface area contributed by atoms with Crippen molar-refractivity contribution in [3.05, 3.63) is 36.4 Å². The molecule has 1 aromatic carbocycles. The van der Waals surface area contributed by atoms with Gasteiger partial charge in [0.05, 0.1) is 5.57 Å². The summed E-state index contributed by atoms with van der Waals surface area (Å²) in [6.45, 7) is 8.58.